The molecule has 2 aromatic carbocycles. The van der Waals surface area contributed by atoms with E-state index in [9.17, 15) is 8.78 Å². The van der Waals surface area contributed by atoms with Gasteiger partial charge in [-0.25, -0.2) is 13.8 Å². The maximum atomic E-state index is 13.0. The fourth-order valence-corrected chi connectivity index (χ4v) is 2.25. The summed E-state index contributed by atoms with van der Waals surface area (Å²) in [7, 11) is 0. The van der Waals surface area contributed by atoms with Crippen molar-refractivity contribution in [3.63, 3.8) is 0 Å². The van der Waals surface area contributed by atoms with Gasteiger partial charge in [0.25, 0.3) is 0 Å². The first-order chi connectivity index (χ1) is 10.1. The van der Waals surface area contributed by atoms with E-state index in [-0.39, 0.29) is 11.6 Å². The van der Waals surface area contributed by atoms with E-state index in [0.29, 0.717) is 16.4 Å². The van der Waals surface area contributed by atoms with Gasteiger partial charge in [0.1, 0.15) is 11.6 Å². The highest BCUT2D eigenvalue weighted by atomic mass is 35.5. The Morgan fingerprint density at radius 1 is 0.667 bits per heavy atom. The van der Waals surface area contributed by atoms with Gasteiger partial charge in [-0.05, 0) is 60.7 Å². The topological polar surface area (TPSA) is 12.9 Å². The molecule has 0 amide bonds. The van der Waals surface area contributed by atoms with Crippen molar-refractivity contribution in [1.29, 1.82) is 0 Å². The van der Waals surface area contributed by atoms with Crippen molar-refractivity contribution in [1.82, 2.24) is 4.98 Å². The number of aromatic nitrogens is 1. The highest BCUT2D eigenvalue weighted by molar-refractivity contribution is 6.33. The lowest BCUT2D eigenvalue weighted by Crippen LogP contribution is -1.90. The maximum absolute atomic E-state index is 13.0. The molecule has 0 spiro atoms. The van der Waals surface area contributed by atoms with E-state index >= 15 is 0 Å². The van der Waals surface area contributed by atoms with Crippen LogP contribution in [0.15, 0.2) is 60.7 Å². The largest absolute Gasteiger partial charge is 0.246 e. The second-order valence-electron chi connectivity index (χ2n) is 4.54. The van der Waals surface area contributed by atoms with E-state index in [2.05, 4.69) is 4.98 Å². The van der Waals surface area contributed by atoms with Gasteiger partial charge in [0.05, 0.1) is 16.4 Å². The molecular weight excluding hydrogens is 292 g/mol. The van der Waals surface area contributed by atoms with Crippen LogP contribution in [0.1, 0.15) is 0 Å². The highest BCUT2D eigenvalue weighted by Crippen LogP contribution is 2.29. The van der Waals surface area contributed by atoms with Gasteiger partial charge in [-0.1, -0.05) is 11.6 Å². The summed E-state index contributed by atoms with van der Waals surface area (Å²) in [6, 6.07) is 15.5. The van der Waals surface area contributed by atoms with Crippen molar-refractivity contribution in [2.24, 2.45) is 0 Å². The Balaban J connectivity index is 2.07. The molecule has 0 atom stereocenters. The van der Waals surface area contributed by atoms with Crippen LogP contribution in [0.3, 0.4) is 0 Å². The first-order valence-electron chi connectivity index (χ1n) is 6.32. The van der Waals surface area contributed by atoms with Crippen LogP contribution in [0.2, 0.25) is 5.02 Å². The van der Waals surface area contributed by atoms with Crippen molar-refractivity contribution in [3.05, 3.63) is 77.3 Å². The van der Waals surface area contributed by atoms with E-state index < -0.39 is 0 Å². The predicted octanol–water partition coefficient (Wildman–Crippen LogP) is 5.35. The summed E-state index contributed by atoms with van der Waals surface area (Å²) in [5, 5.41) is 0.479. The summed E-state index contributed by atoms with van der Waals surface area (Å²) < 4.78 is 26.0. The number of pyridine rings is 1. The number of benzene rings is 2. The molecule has 3 aromatic rings. The summed E-state index contributed by atoms with van der Waals surface area (Å²) in [6.45, 7) is 0. The Labute approximate surface area is 125 Å². The Kier molecular flexibility index (Phi) is 3.67. The van der Waals surface area contributed by atoms with Crippen LogP contribution < -0.4 is 0 Å². The van der Waals surface area contributed by atoms with Gasteiger partial charge in [0, 0.05) is 11.1 Å². The normalized spacial score (nSPS) is 10.6. The molecule has 0 bridgehead atoms. The predicted molar refractivity (Wildman–Crippen MR) is 80.0 cm³/mol. The first-order valence-corrected chi connectivity index (χ1v) is 6.70. The number of halogens is 3. The highest BCUT2D eigenvalue weighted by Gasteiger charge is 2.08. The minimum Gasteiger partial charge on any atom is -0.246 e. The summed E-state index contributed by atoms with van der Waals surface area (Å²) in [4.78, 5) is 4.50. The SMILES string of the molecule is Fc1ccc(-c2ccc(Cl)c(-c3ccc(F)cc3)n2)cc1. The van der Waals surface area contributed by atoms with Gasteiger partial charge in [-0.3, -0.25) is 0 Å². The third-order valence-corrected chi connectivity index (χ3v) is 3.41. The molecule has 1 heterocycles. The second-order valence-corrected chi connectivity index (χ2v) is 4.95. The lowest BCUT2D eigenvalue weighted by Gasteiger charge is -2.07. The van der Waals surface area contributed by atoms with Crippen LogP contribution in [0, 0.1) is 11.6 Å². The van der Waals surface area contributed by atoms with Crippen molar-refractivity contribution < 1.29 is 8.78 Å². The quantitative estimate of drug-likeness (QED) is 0.622. The smallest absolute Gasteiger partial charge is 0.123 e. The Hall–Kier alpha value is -2.26. The Morgan fingerprint density at radius 3 is 1.76 bits per heavy atom. The molecule has 0 aliphatic rings. The minimum absolute atomic E-state index is 0.300. The molecule has 21 heavy (non-hydrogen) atoms. The average molecular weight is 302 g/mol. The minimum atomic E-state index is -0.315. The fourth-order valence-electron chi connectivity index (χ4n) is 2.03. The number of nitrogens with zero attached hydrogens (tertiary/aromatic N) is 1. The van der Waals surface area contributed by atoms with Gasteiger partial charge in [-0.15, -0.1) is 0 Å². The van der Waals surface area contributed by atoms with Crippen LogP contribution in [-0.2, 0) is 0 Å². The van der Waals surface area contributed by atoms with Crippen molar-refractivity contribution in [2.75, 3.05) is 0 Å². The van der Waals surface area contributed by atoms with Gasteiger partial charge < -0.3 is 0 Å². The lowest BCUT2D eigenvalue weighted by molar-refractivity contribution is 0.627. The molecule has 0 unspecified atom stereocenters. The van der Waals surface area contributed by atoms with Crippen molar-refractivity contribution in [3.8, 4) is 22.5 Å². The maximum Gasteiger partial charge on any atom is 0.123 e. The van der Waals surface area contributed by atoms with E-state index in [4.69, 9.17) is 11.6 Å². The third kappa shape index (κ3) is 2.93. The van der Waals surface area contributed by atoms with Crippen molar-refractivity contribution in [2.45, 2.75) is 0 Å². The van der Waals surface area contributed by atoms with Gasteiger partial charge in [-0.2, -0.15) is 0 Å². The van der Waals surface area contributed by atoms with Crippen LogP contribution in [0.25, 0.3) is 22.5 Å². The molecule has 0 N–H and O–H groups in total. The molecule has 0 saturated heterocycles. The number of hydrogen-bond donors (Lipinski definition) is 0. The molecule has 0 radical (unpaired) electrons. The van der Waals surface area contributed by atoms with Gasteiger partial charge in [0.15, 0.2) is 0 Å². The van der Waals surface area contributed by atoms with E-state index in [0.717, 1.165) is 11.1 Å². The van der Waals surface area contributed by atoms with E-state index in [1.807, 2.05) is 0 Å². The fraction of sp³-hybridized carbons (Fsp3) is 0. The molecule has 1 aromatic heterocycles. The standard InChI is InChI=1S/C17H10ClF2N/c18-15-9-10-16(11-1-5-13(19)6-2-11)21-17(15)12-3-7-14(20)8-4-12/h1-10H. The summed E-state index contributed by atoms with van der Waals surface area (Å²) in [6.07, 6.45) is 0. The molecule has 3 rings (SSSR count). The molecule has 4 heteroatoms. The molecule has 104 valence electrons. The van der Waals surface area contributed by atoms with Crippen LogP contribution in [0.5, 0.6) is 0 Å². The summed E-state index contributed by atoms with van der Waals surface area (Å²) in [5.41, 5.74) is 2.76. The Bertz CT molecular complexity index is 768. The Morgan fingerprint density at radius 2 is 1.19 bits per heavy atom. The number of rotatable bonds is 2. The zero-order valence-corrected chi connectivity index (χ0v) is 11.6. The average Bonchev–Trinajstić information content (AvgIpc) is 2.50. The lowest BCUT2D eigenvalue weighted by atomic mass is 10.1. The van der Waals surface area contributed by atoms with Crippen LogP contribution in [-0.4, -0.2) is 4.98 Å². The molecular formula is C17H10ClF2N. The van der Waals surface area contributed by atoms with Crippen LogP contribution in [0.4, 0.5) is 8.78 Å². The molecule has 0 aliphatic carbocycles. The molecule has 1 nitrogen and oxygen atoms in total. The van der Waals surface area contributed by atoms with E-state index in [1.54, 1.807) is 36.4 Å². The van der Waals surface area contributed by atoms with Crippen molar-refractivity contribution >= 4 is 11.6 Å². The van der Waals surface area contributed by atoms with Gasteiger partial charge in [0.2, 0.25) is 0 Å². The summed E-state index contributed by atoms with van der Waals surface area (Å²) >= 11 is 6.17. The zero-order valence-electron chi connectivity index (χ0n) is 10.9. The first kappa shape index (κ1) is 13.7. The van der Waals surface area contributed by atoms with Crippen LogP contribution >= 0.6 is 11.6 Å². The monoisotopic (exact) mass is 301 g/mol. The zero-order chi connectivity index (χ0) is 14.8. The molecule has 0 fully saturated rings. The van der Waals surface area contributed by atoms with E-state index in [1.165, 1.54) is 24.3 Å². The molecule has 0 saturated carbocycles. The molecule has 0 aliphatic heterocycles. The second kappa shape index (κ2) is 5.62. The summed E-state index contributed by atoms with van der Waals surface area (Å²) in [5.74, 6) is -0.615. The number of hydrogen-bond acceptors (Lipinski definition) is 1. The van der Waals surface area contributed by atoms with Gasteiger partial charge >= 0.3 is 0 Å². The third-order valence-electron chi connectivity index (χ3n) is 3.10.